The molecule has 2 nitrogen and oxygen atoms in total. The molecule has 2 aromatic carbocycles. The maximum absolute atomic E-state index is 14.0. The highest BCUT2D eigenvalue weighted by atomic mass is 32.2. The van der Waals surface area contributed by atoms with Crippen LogP contribution in [0.15, 0.2) is 46.9 Å². The van der Waals surface area contributed by atoms with Crippen LogP contribution in [0.4, 0.5) is 10.1 Å². The van der Waals surface area contributed by atoms with Crippen molar-refractivity contribution in [2.45, 2.75) is 39.0 Å². The van der Waals surface area contributed by atoms with Crippen LogP contribution in [0.25, 0.3) is 11.1 Å². The molecule has 0 N–H and O–H groups in total. The van der Waals surface area contributed by atoms with E-state index in [1.54, 1.807) is 24.1 Å². The second-order valence-corrected chi connectivity index (χ2v) is 7.82. The van der Waals surface area contributed by atoms with Gasteiger partial charge in [0, 0.05) is 23.1 Å². The minimum atomic E-state index is -0.205. The number of para-hydroxylation sites is 1. The van der Waals surface area contributed by atoms with Crippen molar-refractivity contribution in [1.82, 2.24) is 0 Å². The molecule has 0 aliphatic carbocycles. The van der Waals surface area contributed by atoms with Crippen LogP contribution in [0.3, 0.4) is 0 Å². The van der Waals surface area contributed by atoms with Gasteiger partial charge in [0.25, 0.3) is 0 Å². The lowest BCUT2D eigenvalue weighted by Crippen LogP contribution is -2.43. The van der Waals surface area contributed by atoms with Crippen molar-refractivity contribution in [3.8, 4) is 11.1 Å². The van der Waals surface area contributed by atoms with Crippen molar-refractivity contribution < 1.29 is 4.39 Å². The largest absolute Gasteiger partial charge is 0.310 e. The van der Waals surface area contributed by atoms with Crippen LogP contribution < -0.4 is 4.90 Å². The summed E-state index contributed by atoms with van der Waals surface area (Å²) in [6.07, 6.45) is 2.27. The lowest BCUT2D eigenvalue weighted by atomic mass is 9.86. The number of hydrogen-bond donors (Lipinski definition) is 0. The van der Waals surface area contributed by atoms with Crippen molar-refractivity contribution in [3.05, 3.63) is 53.8 Å². The predicted octanol–water partition coefficient (Wildman–Crippen LogP) is 6.12. The van der Waals surface area contributed by atoms with E-state index in [0.29, 0.717) is 11.8 Å². The number of nitrogens with zero attached hydrogens (tertiary/aromatic N) is 2. The molecule has 2 aliphatic heterocycles. The van der Waals surface area contributed by atoms with E-state index in [2.05, 4.69) is 49.9 Å². The third-order valence-electron chi connectivity index (χ3n) is 5.62. The number of anilines is 1. The Hall–Kier alpha value is -1.81. The molecular weight excluding hydrogens is 331 g/mol. The Kier molecular flexibility index (Phi) is 4.32. The van der Waals surface area contributed by atoms with Crippen LogP contribution in [-0.4, -0.2) is 11.2 Å². The van der Waals surface area contributed by atoms with E-state index in [1.165, 1.54) is 11.3 Å². The summed E-state index contributed by atoms with van der Waals surface area (Å²) in [6, 6.07) is 13.5. The first kappa shape index (κ1) is 16.6. The van der Waals surface area contributed by atoms with E-state index in [-0.39, 0.29) is 11.2 Å². The zero-order chi connectivity index (χ0) is 17.6. The summed E-state index contributed by atoms with van der Waals surface area (Å²) in [7, 11) is 0. The lowest BCUT2D eigenvalue weighted by Gasteiger charge is -2.38. The summed E-state index contributed by atoms with van der Waals surface area (Å²) in [5.41, 5.74) is 4.35. The highest BCUT2D eigenvalue weighted by Gasteiger charge is 2.41. The van der Waals surface area contributed by atoms with Crippen molar-refractivity contribution >= 4 is 23.5 Å². The molecule has 0 spiro atoms. The normalized spacial score (nSPS) is 20.4. The summed E-state index contributed by atoms with van der Waals surface area (Å²) in [4.78, 5) is 2.35. The fraction of sp³-hybridized carbons (Fsp3) is 0.381. The fourth-order valence-corrected chi connectivity index (χ4v) is 5.37. The number of amidine groups is 1. The summed E-state index contributed by atoms with van der Waals surface area (Å²) < 4.78 is 18.8. The first-order valence-electron chi connectivity index (χ1n) is 9.08. The maximum Gasteiger partial charge on any atom is 0.150 e. The standard InChI is InChI=1S/C21H23FN2S/c1-4-13(3)15(5-2)21-24-19-9-7-6-8-17(19)16-11-10-14(22)12-18(16)20(24)23-25-21/h6-13,15,21H,4-5H2,1-3H3. The van der Waals surface area contributed by atoms with Crippen molar-refractivity contribution in [3.63, 3.8) is 0 Å². The summed E-state index contributed by atoms with van der Waals surface area (Å²) in [6.45, 7) is 6.85. The van der Waals surface area contributed by atoms with Gasteiger partial charge in [0.15, 0.2) is 0 Å². The summed E-state index contributed by atoms with van der Waals surface area (Å²) in [5, 5.41) is 0.271. The molecule has 0 aromatic heterocycles. The van der Waals surface area contributed by atoms with Gasteiger partial charge in [0.1, 0.15) is 17.0 Å². The zero-order valence-corrected chi connectivity index (χ0v) is 15.7. The van der Waals surface area contributed by atoms with Crippen LogP contribution in [0.1, 0.15) is 39.2 Å². The molecule has 0 fully saturated rings. The monoisotopic (exact) mass is 354 g/mol. The van der Waals surface area contributed by atoms with Crippen LogP contribution in [0.2, 0.25) is 0 Å². The third-order valence-corrected chi connectivity index (χ3v) is 6.67. The van der Waals surface area contributed by atoms with Crippen LogP contribution in [0, 0.1) is 17.7 Å². The molecule has 4 rings (SSSR count). The zero-order valence-electron chi connectivity index (χ0n) is 14.9. The van der Waals surface area contributed by atoms with Crippen molar-refractivity contribution in [2.24, 2.45) is 16.2 Å². The molecule has 130 valence electrons. The van der Waals surface area contributed by atoms with E-state index < -0.39 is 0 Å². The predicted molar refractivity (Wildman–Crippen MR) is 105 cm³/mol. The SMILES string of the molecule is CCC(C)C(CC)C1SN=C2c3cc(F)ccc3-c3ccccc3N21. The van der Waals surface area contributed by atoms with Gasteiger partial charge in [-0.3, -0.25) is 0 Å². The Balaban J connectivity index is 1.86. The molecule has 2 aliphatic rings. The van der Waals surface area contributed by atoms with E-state index in [0.717, 1.165) is 29.8 Å². The molecule has 0 bridgehead atoms. The molecule has 0 radical (unpaired) electrons. The van der Waals surface area contributed by atoms with Gasteiger partial charge >= 0.3 is 0 Å². The van der Waals surface area contributed by atoms with Gasteiger partial charge in [-0.1, -0.05) is 57.9 Å². The van der Waals surface area contributed by atoms with E-state index in [4.69, 9.17) is 4.40 Å². The molecular formula is C21H23FN2S. The average Bonchev–Trinajstić information content (AvgIpc) is 3.07. The lowest BCUT2D eigenvalue weighted by molar-refractivity contribution is 0.332. The van der Waals surface area contributed by atoms with Gasteiger partial charge in [-0.15, -0.1) is 0 Å². The molecule has 3 atom stereocenters. The molecule has 3 unspecified atom stereocenters. The molecule has 25 heavy (non-hydrogen) atoms. The van der Waals surface area contributed by atoms with E-state index in [1.807, 2.05) is 6.07 Å². The van der Waals surface area contributed by atoms with E-state index in [9.17, 15) is 4.39 Å². The van der Waals surface area contributed by atoms with Gasteiger partial charge in [-0.05, 0) is 35.6 Å². The van der Waals surface area contributed by atoms with Crippen LogP contribution >= 0.6 is 11.9 Å². The Morgan fingerprint density at radius 3 is 2.64 bits per heavy atom. The molecule has 2 aromatic rings. The molecule has 0 saturated heterocycles. The van der Waals surface area contributed by atoms with Gasteiger partial charge < -0.3 is 4.90 Å². The van der Waals surface area contributed by atoms with Crippen molar-refractivity contribution in [2.75, 3.05) is 4.90 Å². The van der Waals surface area contributed by atoms with Crippen molar-refractivity contribution in [1.29, 1.82) is 0 Å². The van der Waals surface area contributed by atoms with Gasteiger partial charge in [-0.25, -0.2) is 4.39 Å². The first-order chi connectivity index (χ1) is 12.2. The molecule has 0 amide bonds. The second kappa shape index (κ2) is 6.49. The van der Waals surface area contributed by atoms with Gasteiger partial charge in [0.05, 0.1) is 5.69 Å². The highest BCUT2D eigenvalue weighted by Crippen LogP contribution is 2.48. The Labute approximate surface area is 153 Å². The van der Waals surface area contributed by atoms with Crippen LogP contribution in [-0.2, 0) is 0 Å². The minimum Gasteiger partial charge on any atom is -0.310 e. The maximum atomic E-state index is 14.0. The summed E-state index contributed by atoms with van der Waals surface area (Å²) in [5.74, 6) is 1.87. The van der Waals surface area contributed by atoms with Gasteiger partial charge in [0.2, 0.25) is 0 Å². The number of hydrogen-bond acceptors (Lipinski definition) is 3. The molecule has 0 saturated carbocycles. The first-order valence-corrected chi connectivity index (χ1v) is 9.91. The topological polar surface area (TPSA) is 15.6 Å². The highest BCUT2D eigenvalue weighted by molar-refractivity contribution is 7.99. The number of benzene rings is 2. The van der Waals surface area contributed by atoms with Gasteiger partial charge in [-0.2, -0.15) is 4.40 Å². The summed E-state index contributed by atoms with van der Waals surface area (Å²) >= 11 is 1.65. The van der Waals surface area contributed by atoms with E-state index >= 15 is 0 Å². The quantitative estimate of drug-likeness (QED) is 0.615. The number of fused-ring (bicyclic) bond motifs is 6. The molecule has 2 heterocycles. The Morgan fingerprint density at radius 1 is 1.08 bits per heavy atom. The number of rotatable bonds is 4. The van der Waals surface area contributed by atoms with Crippen LogP contribution in [0.5, 0.6) is 0 Å². The smallest absolute Gasteiger partial charge is 0.150 e. The Morgan fingerprint density at radius 2 is 1.88 bits per heavy atom. The Bertz CT molecular complexity index is 832. The number of halogens is 1. The second-order valence-electron chi connectivity index (χ2n) is 6.95. The average molecular weight is 354 g/mol. The third kappa shape index (κ3) is 2.58. The minimum absolute atomic E-state index is 0.205. The molecule has 4 heteroatoms. The fourth-order valence-electron chi connectivity index (χ4n) is 4.05.